The zero-order chi connectivity index (χ0) is 17.2. The first kappa shape index (κ1) is 17.4. The van der Waals surface area contributed by atoms with Crippen LogP contribution in [0.4, 0.5) is 0 Å². The fourth-order valence-electron chi connectivity index (χ4n) is 3.62. The van der Waals surface area contributed by atoms with E-state index in [1.54, 1.807) is 10.4 Å². The van der Waals surface area contributed by atoms with Gasteiger partial charge in [0.2, 0.25) is 10.0 Å². The zero-order valence-corrected chi connectivity index (χ0v) is 14.9. The summed E-state index contributed by atoms with van der Waals surface area (Å²) >= 11 is 0. The van der Waals surface area contributed by atoms with Crippen LogP contribution in [0.25, 0.3) is 0 Å². The standard InChI is InChI=1S/C18H25NO4S/c1-2-7-16-15(10-13-24(21,22)19-11-5-6-12-19)18(20)14-8-3-4-9-17(14)23-16/h3-4,8-9,15-16H,2,5-7,10-13H2,1H3. The summed E-state index contributed by atoms with van der Waals surface area (Å²) in [7, 11) is -3.27. The van der Waals surface area contributed by atoms with Gasteiger partial charge in [-0.25, -0.2) is 12.7 Å². The molecular weight excluding hydrogens is 326 g/mol. The molecule has 0 aliphatic carbocycles. The molecule has 2 atom stereocenters. The van der Waals surface area contributed by atoms with Crippen molar-refractivity contribution in [3.63, 3.8) is 0 Å². The van der Waals surface area contributed by atoms with Gasteiger partial charge in [-0.1, -0.05) is 25.5 Å². The van der Waals surface area contributed by atoms with E-state index < -0.39 is 10.0 Å². The minimum absolute atomic E-state index is 0.0203. The van der Waals surface area contributed by atoms with E-state index in [-0.39, 0.29) is 23.6 Å². The highest BCUT2D eigenvalue weighted by molar-refractivity contribution is 7.89. The number of carbonyl (C=O) groups is 1. The molecule has 2 heterocycles. The number of ketones is 1. The molecule has 2 aliphatic heterocycles. The molecule has 132 valence electrons. The molecule has 0 radical (unpaired) electrons. The van der Waals surface area contributed by atoms with E-state index in [1.807, 2.05) is 25.1 Å². The zero-order valence-electron chi connectivity index (χ0n) is 14.1. The summed E-state index contributed by atoms with van der Waals surface area (Å²) in [5.74, 6) is 0.290. The molecule has 0 N–H and O–H groups in total. The van der Waals surface area contributed by atoms with Crippen molar-refractivity contribution in [1.29, 1.82) is 0 Å². The van der Waals surface area contributed by atoms with Crippen molar-refractivity contribution in [1.82, 2.24) is 4.31 Å². The van der Waals surface area contributed by atoms with Crippen LogP contribution in [-0.2, 0) is 10.0 Å². The largest absolute Gasteiger partial charge is 0.489 e. The quantitative estimate of drug-likeness (QED) is 0.790. The lowest BCUT2D eigenvalue weighted by molar-refractivity contribution is 0.0627. The van der Waals surface area contributed by atoms with Crippen molar-refractivity contribution in [3.8, 4) is 5.75 Å². The normalized spacial score (nSPS) is 24.6. The Balaban J connectivity index is 1.76. The number of fused-ring (bicyclic) bond motifs is 1. The molecule has 0 bridgehead atoms. The van der Waals surface area contributed by atoms with Crippen LogP contribution in [0.2, 0.25) is 0 Å². The maximum absolute atomic E-state index is 12.9. The van der Waals surface area contributed by atoms with Crippen LogP contribution in [0.3, 0.4) is 0 Å². The smallest absolute Gasteiger partial charge is 0.214 e. The third-order valence-electron chi connectivity index (χ3n) is 4.93. The minimum Gasteiger partial charge on any atom is -0.489 e. The topological polar surface area (TPSA) is 63.7 Å². The predicted molar refractivity (Wildman–Crippen MR) is 92.8 cm³/mol. The maximum atomic E-state index is 12.9. The second-order valence-electron chi connectivity index (χ2n) is 6.62. The lowest BCUT2D eigenvalue weighted by atomic mass is 9.85. The highest BCUT2D eigenvalue weighted by Gasteiger charge is 2.38. The second kappa shape index (κ2) is 7.23. The fraction of sp³-hybridized carbons (Fsp3) is 0.611. The molecule has 1 saturated heterocycles. The lowest BCUT2D eigenvalue weighted by Crippen LogP contribution is -2.40. The van der Waals surface area contributed by atoms with E-state index in [2.05, 4.69) is 0 Å². The average Bonchev–Trinajstić information content (AvgIpc) is 3.10. The third-order valence-corrected chi connectivity index (χ3v) is 6.84. The molecule has 0 amide bonds. The summed E-state index contributed by atoms with van der Waals surface area (Å²) in [5, 5.41) is 0. The third kappa shape index (κ3) is 3.49. The van der Waals surface area contributed by atoms with E-state index in [9.17, 15) is 13.2 Å². The first-order chi connectivity index (χ1) is 11.5. The van der Waals surface area contributed by atoms with E-state index in [0.29, 0.717) is 30.8 Å². The van der Waals surface area contributed by atoms with Gasteiger partial charge >= 0.3 is 0 Å². The van der Waals surface area contributed by atoms with Gasteiger partial charge < -0.3 is 4.74 Å². The number of nitrogens with zero attached hydrogens (tertiary/aromatic N) is 1. The van der Waals surface area contributed by atoms with Crippen LogP contribution in [0, 0.1) is 5.92 Å². The minimum atomic E-state index is -3.27. The summed E-state index contributed by atoms with van der Waals surface area (Å²) in [5.41, 5.74) is 0.577. The molecule has 3 rings (SSSR count). The summed E-state index contributed by atoms with van der Waals surface area (Å²) < 4.78 is 32.5. The Morgan fingerprint density at radius 1 is 1.17 bits per heavy atom. The molecule has 6 heteroatoms. The molecule has 0 saturated carbocycles. The van der Waals surface area contributed by atoms with Gasteiger partial charge in [0.05, 0.1) is 17.2 Å². The van der Waals surface area contributed by atoms with Crippen LogP contribution < -0.4 is 4.74 Å². The van der Waals surface area contributed by atoms with Crippen molar-refractivity contribution in [2.24, 2.45) is 5.92 Å². The lowest BCUT2D eigenvalue weighted by Gasteiger charge is -2.32. The van der Waals surface area contributed by atoms with Gasteiger partial charge in [0.25, 0.3) is 0 Å². The Kier molecular flexibility index (Phi) is 5.25. The maximum Gasteiger partial charge on any atom is 0.214 e. The number of para-hydroxylation sites is 1. The number of Topliss-reactive ketones (excluding diaryl/α,β-unsaturated/α-hetero) is 1. The molecule has 1 aromatic rings. The molecule has 5 nitrogen and oxygen atoms in total. The second-order valence-corrected chi connectivity index (χ2v) is 8.71. The van der Waals surface area contributed by atoms with Crippen LogP contribution >= 0.6 is 0 Å². The summed E-state index contributed by atoms with van der Waals surface area (Å²) in [6.45, 7) is 3.27. The fourth-order valence-corrected chi connectivity index (χ4v) is 5.24. The van der Waals surface area contributed by atoms with E-state index in [0.717, 1.165) is 25.7 Å². The van der Waals surface area contributed by atoms with E-state index in [4.69, 9.17) is 4.74 Å². The van der Waals surface area contributed by atoms with Gasteiger partial charge in [-0.05, 0) is 37.8 Å². The highest BCUT2D eigenvalue weighted by Crippen LogP contribution is 2.34. The first-order valence-corrected chi connectivity index (χ1v) is 10.4. The number of sulfonamides is 1. The molecule has 2 aliphatic rings. The van der Waals surface area contributed by atoms with Crippen LogP contribution in [-0.4, -0.2) is 43.5 Å². The Morgan fingerprint density at radius 2 is 1.88 bits per heavy atom. The SMILES string of the molecule is CCCC1Oc2ccccc2C(=O)C1CCS(=O)(=O)N1CCCC1. The van der Waals surface area contributed by atoms with Gasteiger partial charge in [0, 0.05) is 13.1 Å². The first-order valence-electron chi connectivity index (χ1n) is 8.80. The Bertz CT molecular complexity index is 695. The van der Waals surface area contributed by atoms with Crippen molar-refractivity contribution in [2.75, 3.05) is 18.8 Å². The number of hydrogen-bond acceptors (Lipinski definition) is 4. The Morgan fingerprint density at radius 3 is 2.58 bits per heavy atom. The molecule has 1 fully saturated rings. The van der Waals surface area contributed by atoms with Crippen molar-refractivity contribution >= 4 is 15.8 Å². The average molecular weight is 351 g/mol. The number of ether oxygens (including phenoxy) is 1. The summed E-state index contributed by atoms with van der Waals surface area (Å²) in [6.07, 6.45) is 3.61. The van der Waals surface area contributed by atoms with Crippen molar-refractivity contribution in [2.45, 2.75) is 45.1 Å². The highest BCUT2D eigenvalue weighted by atomic mass is 32.2. The number of rotatable bonds is 6. The van der Waals surface area contributed by atoms with Crippen LogP contribution in [0.5, 0.6) is 5.75 Å². The van der Waals surface area contributed by atoms with Gasteiger partial charge in [0.15, 0.2) is 5.78 Å². The van der Waals surface area contributed by atoms with Gasteiger partial charge in [-0.3, -0.25) is 4.79 Å². The molecule has 24 heavy (non-hydrogen) atoms. The molecule has 1 aromatic carbocycles. The van der Waals surface area contributed by atoms with Crippen molar-refractivity contribution in [3.05, 3.63) is 29.8 Å². The van der Waals surface area contributed by atoms with E-state index >= 15 is 0 Å². The van der Waals surface area contributed by atoms with Crippen LogP contribution in [0.1, 0.15) is 49.4 Å². The number of carbonyl (C=O) groups excluding carboxylic acids is 1. The summed E-state index contributed by atoms with van der Waals surface area (Å²) in [4.78, 5) is 12.9. The molecule has 2 unspecified atom stereocenters. The summed E-state index contributed by atoms with van der Waals surface area (Å²) in [6, 6.07) is 7.25. The van der Waals surface area contributed by atoms with Gasteiger partial charge in [-0.2, -0.15) is 0 Å². The monoisotopic (exact) mass is 351 g/mol. The van der Waals surface area contributed by atoms with Crippen LogP contribution in [0.15, 0.2) is 24.3 Å². The van der Waals surface area contributed by atoms with Gasteiger partial charge in [0.1, 0.15) is 11.9 Å². The van der Waals surface area contributed by atoms with Gasteiger partial charge in [-0.15, -0.1) is 0 Å². The number of benzene rings is 1. The molecule has 0 aromatic heterocycles. The Labute approximate surface area is 144 Å². The Hall–Kier alpha value is -1.40. The predicted octanol–water partition coefficient (Wildman–Crippen LogP) is 2.86. The van der Waals surface area contributed by atoms with Crippen molar-refractivity contribution < 1.29 is 17.9 Å². The number of hydrogen-bond donors (Lipinski definition) is 0. The molecule has 0 spiro atoms. The molecular formula is C18H25NO4S. The van der Waals surface area contributed by atoms with E-state index in [1.165, 1.54) is 0 Å².